The Bertz CT molecular complexity index is 318. The summed E-state index contributed by atoms with van der Waals surface area (Å²) < 4.78 is 4.95. The Morgan fingerprint density at radius 3 is 2.62 bits per heavy atom. The topological polar surface area (TPSA) is 52.3 Å². The van der Waals surface area contributed by atoms with Gasteiger partial charge >= 0.3 is 1.43 Å². The molecule has 1 aromatic carbocycles. The molecule has 0 aliphatic heterocycles. The van der Waals surface area contributed by atoms with Crippen molar-refractivity contribution in [2.24, 2.45) is 0 Å². The van der Waals surface area contributed by atoms with Gasteiger partial charge in [-0.3, -0.25) is 4.79 Å². The Balaban J connectivity index is 0. The molecule has 1 rings (SSSR count). The van der Waals surface area contributed by atoms with E-state index in [2.05, 4.69) is 0 Å². The molecule has 0 amide bonds. The van der Waals surface area contributed by atoms with E-state index in [-0.39, 0.29) is 19.6 Å². The lowest BCUT2D eigenvalue weighted by Gasteiger charge is -2.04. The summed E-state index contributed by atoms with van der Waals surface area (Å²) in [5.41, 5.74) is 6.57. The van der Waals surface area contributed by atoms with Gasteiger partial charge < -0.3 is 22.9 Å². The van der Waals surface area contributed by atoms with Crippen LogP contribution in [0.1, 0.15) is 18.7 Å². The zero-order valence-electron chi connectivity index (χ0n) is 8.50. The van der Waals surface area contributed by atoms with E-state index >= 15 is 0 Å². The van der Waals surface area contributed by atoms with E-state index in [0.717, 1.165) is 0 Å². The zero-order chi connectivity index (χ0) is 9.14. The molecule has 0 aliphatic rings. The number of benzene rings is 1. The maximum Gasteiger partial charge on any atom is 1.00 e. The lowest BCUT2D eigenvalue weighted by molar-refractivity contribution is -0.0000109. The first-order valence-corrected chi connectivity index (χ1v) is 3.59. The molecule has 0 heterocycles. The maximum atomic E-state index is 11.0. The third-order valence-corrected chi connectivity index (χ3v) is 1.64. The van der Waals surface area contributed by atoms with Crippen LogP contribution >= 0.6 is 0 Å². The Morgan fingerprint density at radius 2 is 2.15 bits per heavy atom. The van der Waals surface area contributed by atoms with Crippen molar-refractivity contribution in [3.05, 3.63) is 23.8 Å². The highest BCUT2D eigenvalue weighted by atomic mass is 35.5. The number of hydrogen-bond donors (Lipinski definition) is 1. The van der Waals surface area contributed by atoms with E-state index in [0.29, 0.717) is 17.0 Å². The van der Waals surface area contributed by atoms with E-state index in [1.807, 2.05) is 0 Å². The summed E-state index contributed by atoms with van der Waals surface area (Å²) in [4.78, 5) is 11.0. The minimum atomic E-state index is -0.0496. The highest BCUT2D eigenvalue weighted by Crippen LogP contribution is 2.19. The second kappa shape index (κ2) is 4.72. The van der Waals surface area contributed by atoms with Gasteiger partial charge in [-0.25, -0.2) is 0 Å². The molecule has 2 N–H and O–H groups in total. The second-order valence-electron chi connectivity index (χ2n) is 2.51. The van der Waals surface area contributed by atoms with Gasteiger partial charge in [0.15, 0.2) is 5.78 Å². The molecule has 0 atom stereocenters. The van der Waals surface area contributed by atoms with Crippen LogP contribution in [-0.2, 0) is 0 Å². The number of halogens is 1. The highest BCUT2D eigenvalue weighted by Gasteiger charge is 2.05. The molecule has 0 saturated heterocycles. The van der Waals surface area contributed by atoms with Gasteiger partial charge in [-0.15, -0.1) is 0 Å². The summed E-state index contributed by atoms with van der Waals surface area (Å²) in [6.07, 6.45) is 0. The predicted octanol–water partition coefficient (Wildman–Crippen LogP) is -1.40. The molecule has 0 fully saturated rings. The van der Waals surface area contributed by atoms with Gasteiger partial charge in [-0.1, -0.05) is 0 Å². The first-order chi connectivity index (χ1) is 5.65. The molecule has 0 radical (unpaired) electrons. The molecule has 3 nitrogen and oxygen atoms in total. The average molecular weight is 202 g/mol. The van der Waals surface area contributed by atoms with Gasteiger partial charge in [0.1, 0.15) is 5.75 Å². The zero-order valence-corrected chi connectivity index (χ0v) is 8.26. The number of nitrogen functional groups attached to an aromatic ring is 1. The molecule has 0 aromatic heterocycles. The van der Waals surface area contributed by atoms with Crippen molar-refractivity contribution in [1.82, 2.24) is 0 Å². The van der Waals surface area contributed by atoms with Gasteiger partial charge in [0.25, 0.3) is 0 Å². The van der Waals surface area contributed by atoms with Crippen LogP contribution in [0.5, 0.6) is 5.75 Å². The number of carbonyl (C=O) groups excluding carboxylic acids is 1. The number of hydrogen-bond acceptors (Lipinski definition) is 3. The van der Waals surface area contributed by atoms with Crippen molar-refractivity contribution in [1.29, 1.82) is 0 Å². The van der Waals surface area contributed by atoms with E-state index in [1.165, 1.54) is 6.92 Å². The van der Waals surface area contributed by atoms with Crippen molar-refractivity contribution < 1.29 is 23.4 Å². The number of methoxy groups -OCH3 is 1. The molecule has 72 valence electrons. The van der Waals surface area contributed by atoms with Crippen molar-refractivity contribution in [3.63, 3.8) is 0 Å². The van der Waals surface area contributed by atoms with Gasteiger partial charge in [-0.2, -0.15) is 0 Å². The summed E-state index contributed by atoms with van der Waals surface area (Å²) in [6.45, 7) is 1.48. The van der Waals surface area contributed by atoms with Crippen molar-refractivity contribution in [2.75, 3.05) is 12.8 Å². The number of ether oxygens (including phenoxy) is 1. The molecule has 0 aliphatic carbocycles. The standard InChI is InChI=1S/C9H11NO2.ClH/c1-6(11)8-5-7(12-2)3-4-9(8)10;/h3-5H,10H2,1-2H3;1H. The number of carbonyl (C=O) groups is 1. The third kappa shape index (κ3) is 2.63. The second-order valence-corrected chi connectivity index (χ2v) is 2.51. The smallest absolute Gasteiger partial charge is 1.00 e. The summed E-state index contributed by atoms with van der Waals surface area (Å²) in [5.74, 6) is 0.598. The van der Waals surface area contributed by atoms with Gasteiger partial charge in [0.05, 0.1) is 7.11 Å². The summed E-state index contributed by atoms with van der Waals surface area (Å²) in [5, 5.41) is 0. The summed E-state index contributed by atoms with van der Waals surface area (Å²) in [6, 6.07) is 5.02. The Hall–Kier alpha value is -1.22. The van der Waals surface area contributed by atoms with Gasteiger partial charge in [-0.05, 0) is 25.1 Å². The van der Waals surface area contributed by atoms with Crippen molar-refractivity contribution >= 4 is 11.5 Å². The molecular formula is C9H12ClNO2. The van der Waals surface area contributed by atoms with E-state index in [1.54, 1.807) is 25.3 Å². The number of rotatable bonds is 2. The Labute approximate surface area is 84.8 Å². The summed E-state index contributed by atoms with van der Waals surface area (Å²) in [7, 11) is 1.55. The number of anilines is 1. The minimum Gasteiger partial charge on any atom is -1.00 e. The first-order valence-electron chi connectivity index (χ1n) is 3.59. The molecule has 0 spiro atoms. The number of nitrogens with two attached hydrogens (primary N) is 1. The SMILES string of the molecule is COc1ccc(N)c(C(C)=O)c1.[Cl-].[H+]. The molecule has 4 heteroatoms. The molecule has 1 aromatic rings. The lowest BCUT2D eigenvalue weighted by Crippen LogP contribution is -3.00. The average Bonchev–Trinajstić information content (AvgIpc) is 2.05. The van der Waals surface area contributed by atoms with Crippen LogP contribution in [0.2, 0.25) is 0 Å². The normalized spacial score (nSPS) is 8.77. The molecule has 13 heavy (non-hydrogen) atoms. The van der Waals surface area contributed by atoms with E-state index in [9.17, 15) is 4.79 Å². The Kier molecular flexibility index (Phi) is 4.28. The van der Waals surface area contributed by atoms with Gasteiger partial charge in [0, 0.05) is 11.3 Å². The third-order valence-electron chi connectivity index (χ3n) is 1.64. The van der Waals surface area contributed by atoms with Crippen LogP contribution in [0.4, 0.5) is 5.69 Å². The first kappa shape index (κ1) is 11.8. The van der Waals surface area contributed by atoms with Crippen molar-refractivity contribution in [3.8, 4) is 5.75 Å². The van der Waals surface area contributed by atoms with Crippen LogP contribution in [0.3, 0.4) is 0 Å². The molecule has 0 bridgehead atoms. The van der Waals surface area contributed by atoms with Crippen LogP contribution in [-0.4, -0.2) is 12.9 Å². The van der Waals surface area contributed by atoms with E-state index < -0.39 is 0 Å². The van der Waals surface area contributed by atoms with Crippen LogP contribution < -0.4 is 22.9 Å². The fraction of sp³-hybridized carbons (Fsp3) is 0.222. The minimum absolute atomic E-state index is 0. The van der Waals surface area contributed by atoms with Crippen molar-refractivity contribution in [2.45, 2.75) is 6.92 Å². The van der Waals surface area contributed by atoms with Crippen LogP contribution in [0.25, 0.3) is 0 Å². The lowest BCUT2D eigenvalue weighted by atomic mass is 10.1. The monoisotopic (exact) mass is 201 g/mol. The van der Waals surface area contributed by atoms with Crippen LogP contribution in [0.15, 0.2) is 18.2 Å². The summed E-state index contributed by atoms with van der Waals surface area (Å²) >= 11 is 0. The Morgan fingerprint density at radius 1 is 1.54 bits per heavy atom. The maximum absolute atomic E-state index is 11.0. The quantitative estimate of drug-likeness (QED) is 0.473. The number of Topliss-reactive ketones (excluding diaryl/α,β-unsaturated/α-hetero) is 1. The largest absolute Gasteiger partial charge is 1.00 e. The van der Waals surface area contributed by atoms with E-state index in [4.69, 9.17) is 10.5 Å². The fourth-order valence-electron chi connectivity index (χ4n) is 0.967. The molecule has 0 saturated carbocycles. The van der Waals surface area contributed by atoms with Crippen LogP contribution in [0, 0.1) is 0 Å². The molecule has 0 unspecified atom stereocenters. The van der Waals surface area contributed by atoms with Gasteiger partial charge in [0.2, 0.25) is 0 Å². The highest BCUT2D eigenvalue weighted by molar-refractivity contribution is 5.99. The number of ketones is 1. The fourth-order valence-corrected chi connectivity index (χ4v) is 0.967. The predicted molar refractivity (Wildman–Crippen MR) is 48.5 cm³/mol. The molecular weight excluding hydrogens is 190 g/mol.